The number of nitrogens with zero attached hydrogens (tertiary/aromatic N) is 1. The lowest BCUT2D eigenvalue weighted by Gasteiger charge is -2.28. The molecule has 76 valence electrons. The Hall–Kier alpha value is 0.170. The van der Waals surface area contributed by atoms with Crippen LogP contribution in [0.15, 0.2) is 0 Å². The highest BCUT2D eigenvalue weighted by Crippen LogP contribution is 2.43. The molecule has 0 N–H and O–H groups in total. The van der Waals surface area contributed by atoms with Crippen LogP contribution in [0.3, 0.4) is 0 Å². The van der Waals surface area contributed by atoms with Crippen molar-refractivity contribution in [2.45, 2.75) is 20.8 Å². The molecule has 0 atom stereocenters. The summed E-state index contributed by atoms with van der Waals surface area (Å²) in [7, 11) is 3.63. The van der Waals surface area contributed by atoms with Crippen molar-refractivity contribution in [3.63, 3.8) is 0 Å². The molecule has 0 radical (unpaired) electrons. The number of hydrogen-bond acceptors (Lipinski definition) is 3. The van der Waals surface area contributed by atoms with E-state index >= 15 is 0 Å². The lowest BCUT2D eigenvalue weighted by molar-refractivity contribution is -0.138. The molecule has 1 rings (SSSR count). The van der Waals surface area contributed by atoms with E-state index in [1.165, 1.54) is 0 Å². The Morgan fingerprint density at radius 1 is 1.31 bits per heavy atom. The van der Waals surface area contributed by atoms with Crippen molar-refractivity contribution in [3.8, 4) is 0 Å². The Labute approximate surface area is 88.2 Å². The second kappa shape index (κ2) is 4.60. The summed E-state index contributed by atoms with van der Waals surface area (Å²) in [5, 5.41) is 0. The standard InChI is InChI=1S/C9H17NOS2/c1-4-10(5-2)8(11)9(3)6-12-13-7-9/h4-7H2,1-3H3. The molecule has 2 nitrogen and oxygen atoms in total. The van der Waals surface area contributed by atoms with Gasteiger partial charge in [0.25, 0.3) is 0 Å². The predicted molar refractivity (Wildman–Crippen MR) is 61.0 cm³/mol. The van der Waals surface area contributed by atoms with Crippen LogP contribution in [0.4, 0.5) is 0 Å². The molecular weight excluding hydrogens is 202 g/mol. The lowest BCUT2D eigenvalue weighted by Crippen LogP contribution is -2.43. The number of amides is 1. The van der Waals surface area contributed by atoms with Crippen molar-refractivity contribution in [1.82, 2.24) is 4.90 Å². The predicted octanol–water partition coefficient (Wildman–Crippen LogP) is 2.26. The van der Waals surface area contributed by atoms with Crippen LogP contribution in [-0.2, 0) is 4.79 Å². The van der Waals surface area contributed by atoms with Gasteiger partial charge in [0.2, 0.25) is 5.91 Å². The summed E-state index contributed by atoms with van der Waals surface area (Å²) in [6, 6.07) is 0. The minimum absolute atomic E-state index is 0.110. The van der Waals surface area contributed by atoms with Crippen molar-refractivity contribution in [2.24, 2.45) is 5.41 Å². The minimum Gasteiger partial charge on any atom is -0.343 e. The van der Waals surface area contributed by atoms with Crippen LogP contribution in [0.2, 0.25) is 0 Å². The van der Waals surface area contributed by atoms with E-state index in [9.17, 15) is 4.79 Å². The average Bonchev–Trinajstić information content (AvgIpc) is 2.55. The van der Waals surface area contributed by atoms with Crippen LogP contribution in [0.5, 0.6) is 0 Å². The van der Waals surface area contributed by atoms with E-state index in [0.29, 0.717) is 5.91 Å². The van der Waals surface area contributed by atoms with E-state index in [-0.39, 0.29) is 5.41 Å². The summed E-state index contributed by atoms with van der Waals surface area (Å²) in [5.74, 6) is 2.26. The Balaban J connectivity index is 2.64. The molecule has 13 heavy (non-hydrogen) atoms. The molecule has 0 bridgehead atoms. The van der Waals surface area contributed by atoms with E-state index in [0.717, 1.165) is 24.6 Å². The van der Waals surface area contributed by atoms with Crippen molar-refractivity contribution < 1.29 is 4.79 Å². The van der Waals surface area contributed by atoms with E-state index in [1.54, 1.807) is 0 Å². The number of rotatable bonds is 3. The van der Waals surface area contributed by atoms with E-state index < -0.39 is 0 Å². The largest absolute Gasteiger partial charge is 0.343 e. The summed E-state index contributed by atoms with van der Waals surface area (Å²) in [5.41, 5.74) is -0.110. The van der Waals surface area contributed by atoms with Crippen LogP contribution in [0, 0.1) is 5.41 Å². The van der Waals surface area contributed by atoms with Crippen LogP contribution < -0.4 is 0 Å². The molecule has 1 amide bonds. The van der Waals surface area contributed by atoms with Gasteiger partial charge in [-0.15, -0.1) is 0 Å². The third-order valence-corrected chi connectivity index (χ3v) is 5.29. The summed E-state index contributed by atoms with van der Waals surface area (Å²) in [4.78, 5) is 14.0. The zero-order valence-corrected chi connectivity index (χ0v) is 10.1. The zero-order valence-electron chi connectivity index (χ0n) is 8.50. The quantitative estimate of drug-likeness (QED) is 0.679. The number of hydrogen-bond donors (Lipinski definition) is 0. The highest BCUT2D eigenvalue weighted by Gasteiger charge is 2.39. The molecule has 1 aliphatic heterocycles. The Kier molecular flexibility index (Phi) is 3.98. The first-order valence-electron chi connectivity index (χ1n) is 4.68. The van der Waals surface area contributed by atoms with Gasteiger partial charge in [-0.1, -0.05) is 21.6 Å². The molecule has 0 aromatic heterocycles. The smallest absolute Gasteiger partial charge is 0.230 e. The maximum atomic E-state index is 12.0. The van der Waals surface area contributed by atoms with Gasteiger partial charge in [0.15, 0.2) is 0 Å². The van der Waals surface area contributed by atoms with Gasteiger partial charge in [-0.2, -0.15) is 0 Å². The first-order chi connectivity index (χ1) is 6.14. The third kappa shape index (κ3) is 2.34. The molecule has 0 spiro atoms. The fraction of sp³-hybridized carbons (Fsp3) is 0.889. The molecule has 0 aliphatic carbocycles. The number of carbonyl (C=O) groups excluding carboxylic acids is 1. The molecule has 1 saturated heterocycles. The lowest BCUT2D eigenvalue weighted by atomic mass is 9.94. The monoisotopic (exact) mass is 219 g/mol. The second-order valence-corrected chi connectivity index (χ2v) is 6.03. The van der Waals surface area contributed by atoms with E-state index in [2.05, 4.69) is 6.92 Å². The van der Waals surface area contributed by atoms with Gasteiger partial charge in [-0.3, -0.25) is 4.79 Å². The van der Waals surface area contributed by atoms with Crippen LogP contribution in [0.25, 0.3) is 0 Å². The third-order valence-electron chi connectivity index (χ3n) is 2.41. The number of carbonyl (C=O) groups is 1. The van der Waals surface area contributed by atoms with Crippen LogP contribution in [-0.4, -0.2) is 35.4 Å². The van der Waals surface area contributed by atoms with Crippen molar-refractivity contribution in [3.05, 3.63) is 0 Å². The molecule has 1 aliphatic rings. The van der Waals surface area contributed by atoms with Gasteiger partial charge >= 0.3 is 0 Å². The van der Waals surface area contributed by atoms with Crippen molar-refractivity contribution >= 4 is 27.5 Å². The molecule has 1 heterocycles. The van der Waals surface area contributed by atoms with Gasteiger partial charge in [0.05, 0.1) is 5.41 Å². The maximum Gasteiger partial charge on any atom is 0.230 e. The van der Waals surface area contributed by atoms with Gasteiger partial charge in [-0.25, -0.2) is 0 Å². The first-order valence-corrected chi connectivity index (χ1v) is 7.16. The SMILES string of the molecule is CCN(CC)C(=O)C1(C)CSSC1. The van der Waals surface area contributed by atoms with Gasteiger partial charge in [-0.05, 0) is 20.8 Å². The highest BCUT2D eigenvalue weighted by molar-refractivity contribution is 8.77. The van der Waals surface area contributed by atoms with Gasteiger partial charge < -0.3 is 4.90 Å². The molecule has 0 unspecified atom stereocenters. The zero-order chi connectivity index (χ0) is 9.90. The maximum absolute atomic E-state index is 12.0. The molecule has 0 aromatic carbocycles. The summed E-state index contributed by atoms with van der Waals surface area (Å²) >= 11 is 0. The molecule has 4 heteroatoms. The van der Waals surface area contributed by atoms with Gasteiger partial charge in [0.1, 0.15) is 0 Å². The minimum atomic E-state index is -0.110. The van der Waals surface area contributed by atoms with Crippen LogP contribution in [0.1, 0.15) is 20.8 Å². The molecule has 0 aromatic rings. The summed E-state index contributed by atoms with van der Waals surface area (Å²) in [6.07, 6.45) is 0. The van der Waals surface area contributed by atoms with Crippen molar-refractivity contribution in [2.75, 3.05) is 24.6 Å². The highest BCUT2D eigenvalue weighted by atomic mass is 33.1. The molecule has 0 saturated carbocycles. The summed E-state index contributed by atoms with van der Waals surface area (Å²) < 4.78 is 0. The first kappa shape index (κ1) is 11.2. The molecular formula is C9H17NOS2. The Bertz CT molecular complexity index is 186. The Morgan fingerprint density at radius 2 is 1.77 bits per heavy atom. The average molecular weight is 219 g/mol. The summed E-state index contributed by atoms with van der Waals surface area (Å²) in [6.45, 7) is 7.83. The van der Waals surface area contributed by atoms with E-state index in [1.807, 2.05) is 40.3 Å². The van der Waals surface area contributed by atoms with Gasteiger partial charge in [0, 0.05) is 24.6 Å². The Morgan fingerprint density at radius 3 is 2.15 bits per heavy atom. The second-order valence-electron chi connectivity index (χ2n) is 3.56. The van der Waals surface area contributed by atoms with E-state index in [4.69, 9.17) is 0 Å². The topological polar surface area (TPSA) is 20.3 Å². The fourth-order valence-corrected chi connectivity index (χ4v) is 4.73. The van der Waals surface area contributed by atoms with Crippen molar-refractivity contribution in [1.29, 1.82) is 0 Å². The fourth-order valence-electron chi connectivity index (χ4n) is 1.40. The molecule has 1 fully saturated rings. The van der Waals surface area contributed by atoms with Crippen LogP contribution >= 0.6 is 21.6 Å². The normalized spacial score (nSPS) is 20.2.